The van der Waals surface area contributed by atoms with E-state index in [0.29, 0.717) is 24.5 Å². The molecule has 2 heterocycles. The van der Waals surface area contributed by atoms with E-state index in [1.165, 1.54) is 0 Å². The standard InChI is InChI=1S/C32H34ClN5O4S/c1-2-42-24-11-9-20(10-12-24)14-25(26-19-43-29(28(26)33)30(35)39)31(40)38-27(15-23-4-3-13-36-17-23)32(41)37-18-22-7-5-21(16-34)6-8-22/h3-13,17,19,25,27H,2,14-16,18,34H2,1H3,(H2,35,39)(H,37,41)(H,38,40)/t25-,27+/m1/s1. The third-order valence-electron chi connectivity index (χ3n) is 6.87. The molecule has 4 aromatic rings. The zero-order chi connectivity index (χ0) is 30.8. The van der Waals surface area contributed by atoms with Gasteiger partial charge in [0.2, 0.25) is 11.8 Å². The molecule has 224 valence electrons. The van der Waals surface area contributed by atoms with Crippen molar-refractivity contribution in [2.24, 2.45) is 11.5 Å². The first kappa shape index (κ1) is 31.7. The Morgan fingerprint density at radius 2 is 1.65 bits per heavy atom. The first-order valence-electron chi connectivity index (χ1n) is 13.8. The van der Waals surface area contributed by atoms with Gasteiger partial charge in [0.15, 0.2) is 0 Å². The second kappa shape index (κ2) is 15.3. The Morgan fingerprint density at radius 3 is 2.26 bits per heavy atom. The Hall–Kier alpha value is -4.25. The average molecular weight is 620 g/mol. The van der Waals surface area contributed by atoms with E-state index in [4.69, 9.17) is 27.8 Å². The van der Waals surface area contributed by atoms with Gasteiger partial charge in [-0.25, -0.2) is 0 Å². The third kappa shape index (κ3) is 8.63. The van der Waals surface area contributed by atoms with Crippen LogP contribution < -0.4 is 26.8 Å². The molecule has 0 unspecified atom stereocenters. The fraction of sp³-hybridized carbons (Fsp3) is 0.250. The summed E-state index contributed by atoms with van der Waals surface area (Å²) in [5, 5.41) is 7.69. The molecule has 0 spiro atoms. The maximum absolute atomic E-state index is 14.0. The van der Waals surface area contributed by atoms with Gasteiger partial charge >= 0.3 is 0 Å². The van der Waals surface area contributed by atoms with E-state index in [1.54, 1.807) is 23.8 Å². The minimum absolute atomic E-state index is 0.137. The van der Waals surface area contributed by atoms with Crippen LogP contribution in [0.3, 0.4) is 0 Å². The summed E-state index contributed by atoms with van der Waals surface area (Å²) in [6.07, 6.45) is 3.78. The number of nitrogens with two attached hydrogens (primary N) is 2. The third-order valence-corrected chi connectivity index (χ3v) is 8.40. The lowest BCUT2D eigenvalue weighted by Gasteiger charge is -2.23. The number of hydrogen-bond acceptors (Lipinski definition) is 7. The Morgan fingerprint density at radius 1 is 0.953 bits per heavy atom. The minimum atomic E-state index is -0.907. The van der Waals surface area contributed by atoms with Crippen molar-refractivity contribution in [3.63, 3.8) is 0 Å². The molecule has 9 nitrogen and oxygen atoms in total. The smallest absolute Gasteiger partial charge is 0.260 e. The number of amides is 3. The molecule has 0 aliphatic carbocycles. The maximum atomic E-state index is 14.0. The second-order valence-corrected chi connectivity index (χ2v) is 11.2. The molecular weight excluding hydrogens is 586 g/mol. The van der Waals surface area contributed by atoms with Gasteiger partial charge in [-0.3, -0.25) is 19.4 Å². The number of nitrogens with zero attached hydrogens (tertiary/aromatic N) is 1. The van der Waals surface area contributed by atoms with Crippen LogP contribution in [-0.4, -0.2) is 35.4 Å². The topological polar surface area (TPSA) is 149 Å². The first-order valence-corrected chi connectivity index (χ1v) is 15.1. The van der Waals surface area contributed by atoms with E-state index in [0.717, 1.165) is 33.6 Å². The van der Waals surface area contributed by atoms with E-state index >= 15 is 0 Å². The van der Waals surface area contributed by atoms with Crippen molar-refractivity contribution in [2.75, 3.05) is 6.61 Å². The highest BCUT2D eigenvalue weighted by atomic mass is 35.5. The zero-order valence-corrected chi connectivity index (χ0v) is 25.3. The van der Waals surface area contributed by atoms with E-state index in [1.807, 2.05) is 61.5 Å². The predicted octanol–water partition coefficient (Wildman–Crippen LogP) is 4.12. The fourth-order valence-corrected chi connectivity index (χ4v) is 5.91. The summed E-state index contributed by atoms with van der Waals surface area (Å²) in [5.41, 5.74) is 15.2. The van der Waals surface area contributed by atoms with E-state index in [-0.39, 0.29) is 35.2 Å². The summed E-state index contributed by atoms with van der Waals surface area (Å²) in [6, 6.07) is 17.7. The molecule has 11 heteroatoms. The summed E-state index contributed by atoms with van der Waals surface area (Å²) in [5.74, 6) is -1.53. The number of ether oxygens (including phenoxy) is 1. The van der Waals surface area contributed by atoms with Crippen molar-refractivity contribution in [3.05, 3.63) is 116 Å². The molecule has 2 atom stereocenters. The van der Waals surface area contributed by atoms with Gasteiger partial charge in [0.25, 0.3) is 5.91 Å². The minimum Gasteiger partial charge on any atom is -0.494 e. The van der Waals surface area contributed by atoms with Crippen molar-refractivity contribution in [2.45, 2.75) is 44.8 Å². The molecule has 2 aromatic carbocycles. The van der Waals surface area contributed by atoms with Crippen LogP contribution in [0.5, 0.6) is 5.75 Å². The van der Waals surface area contributed by atoms with E-state index in [9.17, 15) is 14.4 Å². The predicted molar refractivity (Wildman–Crippen MR) is 168 cm³/mol. The summed E-state index contributed by atoms with van der Waals surface area (Å²) in [6.45, 7) is 3.14. The van der Waals surface area contributed by atoms with Crippen LogP contribution in [0.15, 0.2) is 78.4 Å². The molecule has 43 heavy (non-hydrogen) atoms. The highest BCUT2D eigenvalue weighted by molar-refractivity contribution is 7.13. The van der Waals surface area contributed by atoms with Gasteiger partial charge in [0.05, 0.1) is 17.5 Å². The lowest BCUT2D eigenvalue weighted by Crippen LogP contribution is -2.49. The molecule has 0 saturated carbocycles. The number of pyridine rings is 1. The quantitative estimate of drug-likeness (QED) is 0.167. The molecule has 2 aromatic heterocycles. The lowest BCUT2D eigenvalue weighted by molar-refractivity contribution is -0.129. The number of thiophene rings is 1. The van der Waals surface area contributed by atoms with Gasteiger partial charge in [-0.1, -0.05) is 54.1 Å². The summed E-state index contributed by atoms with van der Waals surface area (Å²) in [7, 11) is 0. The Balaban J connectivity index is 1.59. The number of benzene rings is 2. The van der Waals surface area contributed by atoms with E-state index in [2.05, 4.69) is 15.6 Å². The summed E-state index contributed by atoms with van der Waals surface area (Å²) >= 11 is 7.66. The van der Waals surface area contributed by atoms with Crippen LogP contribution in [0.4, 0.5) is 0 Å². The molecule has 0 aliphatic heterocycles. The highest BCUT2D eigenvalue weighted by Gasteiger charge is 2.31. The van der Waals surface area contributed by atoms with Crippen LogP contribution in [-0.2, 0) is 35.5 Å². The van der Waals surface area contributed by atoms with Crippen LogP contribution >= 0.6 is 22.9 Å². The number of nitrogens with one attached hydrogen (secondary N) is 2. The first-order chi connectivity index (χ1) is 20.8. The van der Waals surface area contributed by atoms with Crippen molar-refractivity contribution < 1.29 is 19.1 Å². The monoisotopic (exact) mass is 619 g/mol. The molecule has 3 amide bonds. The number of rotatable bonds is 14. The molecule has 4 rings (SSSR count). The number of carbonyl (C=O) groups is 3. The van der Waals surface area contributed by atoms with Crippen molar-refractivity contribution in [3.8, 4) is 5.75 Å². The summed E-state index contributed by atoms with van der Waals surface area (Å²) in [4.78, 5) is 43.7. The number of aromatic nitrogens is 1. The zero-order valence-electron chi connectivity index (χ0n) is 23.7. The molecule has 0 fully saturated rings. The van der Waals surface area contributed by atoms with Gasteiger partial charge in [-0.2, -0.15) is 0 Å². The van der Waals surface area contributed by atoms with Crippen LogP contribution in [0.2, 0.25) is 5.02 Å². The van der Waals surface area contributed by atoms with Gasteiger partial charge in [0.1, 0.15) is 16.7 Å². The van der Waals surface area contributed by atoms with Gasteiger partial charge in [-0.15, -0.1) is 11.3 Å². The largest absolute Gasteiger partial charge is 0.494 e. The SMILES string of the molecule is CCOc1ccc(C[C@@H](C(=O)N[C@@H](Cc2cccnc2)C(=O)NCc2ccc(CN)cc2)c2csc(C(N)=O)c2Cl)cc1. The fourth-order valence-electron chi connectivity index (χ4n) is 4.57. The van der Waals surface area contributed by atoms with Crippen LogP contribution in [0, 0.1) is 0 Å². The molecule has 6 N–H and O–H groups in total. The second-order valence-electron chi connectivity index (χ2n) is 9.90. The molecular formula is C32H34ClN5O4S. The molecule has 0 saturated heterocycles. The van der Waals surface area contributed by atoms with Crippen LogP contribution in [0.25, 0.3) is 0 Å². The summed E-state index contributed by atoms with van der Waals surface area (Å²) < 4.78 is 5.54. The highest BCUT2D eigenvalue weighted by Crippen LogP contribution is 2.35. The molecule has 0 bridgehead atoms. The van der Waals surface area contributed by atoms with Crippen molar-refractivity contribution in [1.29, 1.82) is 0 Å². The number of carbonyl (C=O) groups excluding carboxylic acids is 3. The number of hydrogen-bond donors (Lipinski definition) is 4. The van der Waals surface area contributed by atoms with Gasteiger partial charge in [-0.05, 0) is 64.7 Å². The van der Waals surface area contributed by atoms with E-state index < -0.39 is 23.8 Å². The van der Waals surface area contributed by atoms with Crippen molar-refractivity contribution >= 4 is 40.7 Å². The number of halogens is 1. The Kier molecular flexibility index (Phi) is 11.3. The average Bonchev–Trinajstić information content (AvgIpc) is 3.41. The number of primary amides is 1. The Labute approximate surface area is 259 Å². The van der Waals surface area contributed by atoms with Crippen molar-refractivity contribution in [1.82, 2.24) is 15.6 Å². The normalized spacial score (nSPS) is 12.3. The van der Waals surface area contributed by atoms with Crippen LogP contribution in [0.1, 0.15) is 50.3 Å². The molecule has 0 aliphatic rings. The molecule has 0 radical (unpaired) electrons. The maximum Gasteiger partial charge on any atom is 0.260 e. The van der Waals surface area contributed by atoms with Gasteiger partial charge in [0, 0.05) is 31.9 Å². The Bertz CT molecular complexity index is 1530. The lowest BCUT2D eigenvalue weighted by atomic mass is 9.92. The van der Waals surface area contributed by atoms with Gasteiger partial charge < -0.3 is 26.8 Å².